The molecule has 0 radical (unpaired) electrons. The van der Waals surface area contributed by atoms with E-state index in [1.54, 1.807) is 32.4 Å². The van der Waals surface area contributed by atoms with E-state index >= 15 is 0 Å². The molecule has 0 bridgehead atoms. The average molecular weight is 447 g/mol. The number of carbonyl (C=O) groups excluding carboxylic acids is 3. The Balaban J connectivity index is 1.47. The first-order valence-corrected chi connectivity index (χ1v) is 10.6. The lowest BCUT2D eigenvalue weighted by Gasteiger charge is -2.40. The molecule has 0 aliphatic carbocycles. The van der Waals surface area contributed by atoms with Gasteiger partial charge in [-0.25, -0.2) is 0 Å². The molecule has 0 saturated carbocycles. The molecule has 2 aromatic heterocycles. The van der Waals surface area contributed by atoms with Crippen LogP contribution < -0.4 is 10.6 Å². The molecule has 3 aromatic rings. The van der Waals surface area contributed by atoms with Crippen LogP contribution in [0.15, 0.2) is 54.9 Å². The van der Waals surface area contributed by atoms with Gasteiger partial charge in [-0.2, -0.15) is 5.10 Å². The van der Waals surface area contributed by atoms with E-state index in [0.29, 0.717) is 13.1 Å². The maximum absolute atomic E-state index is 13.1. The predicted octanol–water partition coefficient (Wildman–Crippen LogP) is 1.68. The molecule has 1 aliphatic rings. The predicted molar refractivity (Wildman–Crippen MR) is 121 cm³/mol. The molecule has 1 aromatic carbocycles. The van der Waals surface area contributed by atoms with Gasteiger partial charge in [-0.1, -0.05) is 35.9 Å². The fourth-order valence-electron chi connectivity index (χ4n) is 3.69. The number of likely N-dealkylation sites (N-methyl/N-ethyl adjacent to an activating group) is 1. The number of fused-ring (bicyclic) bond motifs is 1. The van der Waals surface area contributed by atoms with E-state index < -0.39 is 11.4 Å². The molecule has 1 atom stereocenters. The number of hydrogen-bond acceptors (Lipinski definition) is 5. The Hall–Kier alpha value is -4.01. The van der Waals surface area contributed by atoms with Crippen LogP contribution in [0.4, 0.5) is 0 Å². The molecule has 2 N–H and O–H groups in total. The smallest absolute Gasteiger partial charge is 0.272 e. The first kappa shape index (κ1) is 22.2. The van der Waals surface area contributed by atoms with E-state index in [4.69, 9.17) is 0 Å². The van der Waals surface area contributed by atoms with Gasteiger partial charge in [-0.05, 0) is 31.0 Å². The zero-order valence-corrected chi connectivity index (χ0v) is 18.8. The summed E-state index contributed by atoms with van der Waals surface area (Å²) in [5.74, 6) is -1.06. The molecule has 1 aliphatic heterocycles. The topological polar surface area (TPSA) is 109 Å². The monoisotopic (exact) mass is 446 g/mol. The number of carbonyl (C=O) groups is 3. The Morgan fingerprint density at radius 2 is 1.82 bits per heavy atom. The van der Waals surface area contributed by atoms with Crippen molar-refractivity contribution in [2.24, 2.45) is 0 Å². The van der Waals surface area contributed by atoms with Crippen molar-refractivity contribution < 1.29 is 14.4 Å². The van der Waals surface area contributed by atoms with Crippen LogP contribution in [0.25, 0.3) is 0 Å². The highest BCUT2D eigenvalue weighted by molar-refractivity contribution is 6.01. The summed E-state index contributed by atoms with van der Waals surface area (Å²) in [4.78, 5) is 44.1. The SMILES string of the molecule is Cc1ccc(CNC(=O)[C@@]2(C)Cn3nc(C(=O)NCc4cccnc4)cc3C(=O)N2C)cc1. The molecule has 0 fully saturated rings. The van der Waals surface area contributed by atoms with Gasteiger partial charge in [0.2, 0.25) is 5.91 Å². The summed E-state index contributed by atoms with van der Waals surface area (Å²) in [6.45, 7) is 4.48. The van der Waals surface area contributed by atoms with Crippen LogP contribution in [-0.4, -0.2) is 50.0 Å². The summed E-state index contributed by atoms with van der Waals surface area (Å²) in [6.07, 6.45) is 3.32. The molecule has 4 rings (SSSR count). The summed E-state index contributed by atoms with van der Waals surface area (Å²) < 4.78 is 1.44. The third-order valence-corrected chi connectivity index (χ3v) is 5.97. The highest BCUT2D eigenvalue weighted by Crippen LogP contribution is 2.26. The quantitative estimate of drug-likeness (QED) is 0.599. The van der Waals surface area contributed by atoms with Crippen LogP contribution in [0, 0.1) is 6.92 Å². The Morgan fingerprint density at radius 1 is 1.09 bits per heavy atom. The summed E-state index contributed by atoms with van der Waals surface area (Å²) in [7, 11) is 1.59. The van der Waals surface area contributed by atoms with Gasteiger partial charge in [0, 0.05) is 38.6 Å². The van der Waals surface area contributed by atoms with Crippen molar-refractivity contribution in [2.75, 3.05) is 7.05 Å². The number of rotatable bonds is 6. The van der Waals surface area contributed by atoms with Gasteiger partial charge >= 0.3 is 0 Å². The Morgan fingerprint density at radius 3 is 2.52 bits per heavy atom. The highest BCUT2D eigenvalue weighted by Gasteiger charge is 2.46. The summed E-state index contributed by atoms with van der Waals surface area (Å²) in [6, 6.07) is 13.0. The van der Waals surface area contributed by atoms with Crippen molar-refractivity contribution in [3.05, 3.63) is 82.9 Å². The normalized spacial score (nSPS) is 17.4. The van der Waals surface area contributed by atoms with Crippen molar-refractivity contribution in [1.29, 1.82) is 0 Å². The van der Waals surface area contributed by atoms with E-state index in [9.17, 15) is 14.4 Å². The number of aromatic nitrogens is 3. The number of nitrogens with one attached hydrogen (secondary N) is 2. The molecular formula is C24H26N6O3. The zero-order valence-electron chi connectivity index (χ0n) is 18.8. The molecule has 0 saturated heterocycles. The second kappa shape index (κ2) is 8.85. The van der Waals surface area contributed by atoms with Gasteiger partial charge in [0.25, 0.3) is 11.8 Å². The van der Waals surface area contributed by atoms with Crippen molar-refractivity contribution in [3.63, 3.8) is 0 Å². The van der Waals surface area contributed by atoms with Gasteiger partial charge in [0.05, 0.1) is 6.54 Å². The van der Waals surface area contributed by atoms with E-state index in [-0.39, 0.29) is 29.7 Å². The van der Waals surface area contributed by atoms with Crippen LogP contribution in [0.1, 0.15) is 44.6 Å². The van der Waals surface area contributed by atoms with E-state index in [0.717, 1.165) is 16.7 Å². The first-order valence-electron chi connectivity index (χ1n) is 10.6. The lowest BCUT2D eigenvalue weighted by Crippen LogP contribution is -2.62. The lowest BCUT2D eigenvalue weighted by molar-refractivity contribution is -0.132. The highest BCUT2D eigenvalue weighted by atomic mass is 16.2. The fourth-order valence-corrected chi connectivity index (χ4v) is 3.69. The minimum Gasteiger partial charge on any atom is -0.350 e. The molecule has 170 valence electrons. The van der Waals surface area contributed by atoms with Crippen LogP contribution >= 0.6 is 0 Å². The van der Waals surface area contributed by atoms with Gasteiger partial charge < -0.3 is 15.5 Å². The fraction of sp³-hybridized carbons (Fsp3) is 0.292. The maximum atomic E-state index is 13.1. The minimum absolute atomic E-state index is 0.125. The van der Waals surface area contributed by atoms with E-state index in [2.05, 4.69) is 20.7 Å². The zero-order chi connectivity index (χ0) is 23.6. The largest absolute Gasteiger partial charge is 0.350 e. The van der Waals surface area contributed by atoms with Gasteiger partial charge in [0.15, 0.2) is 5.69 Å². The Bertz CT molecular complexity index is 1190. The molecule has 0 spiro atoms. The summed E-state index contributed by atoms with van der Waals surface area (Å²) in [5.41, 5.74) is 2.21. The maximum Gasteiger partial charge on any atom is 0.272 e. The minimum atomic E-state index is -1.15. The number of hydrogen-bond donors (Lipinski definition) is 2. The standard InChI is InChI=1S/C24H26N6O3/c1-16-6-8-17(9-7-16)13-27-23(33)24(2)15-30-20(22(32)29(24)3)11-19(28-30)21(31)26-14-18-5-4-10-25-12-18/h4-12H,13-15H2,1-3H3,(H,26,31)(H,27,33)/t24-/m1/s1. The van der Waals surface area contributed by atoms with Gasteiger partial charge in [0.1, 0.15) is 11.2 Å². The van der Waals surface area contributed by atoms with Crippen LogP contribution in [0.2, 0.25) is 0 Å². The molecule has 33 heavy (non-hydrogen) atoms. The van der Waals surface area contributed by atoms with Crippen molar-refractivity contribution >= 4 is 17.7 Å². The number of benzene rings is 1. The number of pyridine rings is 1. The average Bonchev–Trinajstić information content (AvgIpc) is 3.25. The van der Waals surface area contributed by atoms with Crippen molar-refractivity contribution in [3.8, 4) is 0 Å². The van der Waals surface area contributed by atoms with Crippen LogP contribution in [0.3, 0.4) is 0 Å². The molecule has 3 heterocycles. The lowest BCUT2D eigenvalue weighted by atomic mass is 9.95. The molecular weight excluding hydrogens is 420 g/mol. The van der Waals surface area contributed by atoms with Crippen molar-refractivity contribution in [1.82, 2.24) is 30.3 Å². The molecule has 9 nitrogen and oxygen atoms in total. The second-order valence-corrected chi connectivity index (χ2v) is 8.42. The number of amides is 3. The molecule has 9 heteroatoms. The summed E-state index contributed by atoms with van der Waals surface area (Å²) in [5, 5.41) is 10.0. The first-order chi connectivity index (χ1) is 15.8. The Kier molecular flexibility index (Phi) is 5.95. The number of aryl methyl sites for hydroxylation is 1. The van der Waals surface area contributed by atoms with E-state index in [1.165, 1.54) is 15.6 Å². The van der Waals surface area contributed by atoms with Crippen molar-refractivity contribution in [2.45, 2.75) is 39.0 Å². The van der Waals surface area contributed by atoms with Gasteiger partial charge in [-0.3, -0.25) is 24.0 Å². The Labute approximate surface area is 191 Å². The third-order valence-electron chi connectivity index (χ3n) is 5.97. The second-order valence-electron chi connectivity index (χ2n) is 8.42. The molecule has 3 amide bonds. The van der Waals surface area contributed by atoms with Gasteiger partial charge in [-0.15, -0.1) is 0 Å². The van der Waals surface area contributed by atoms with Crippen LogP contribution in [0.5, 0.6) is 0 Å². The van der Waals surface area contributed by atoms with E-state index in [1.807, 2.05) is 37.3 Å². The summed E-state index contributed by atoms with van der Waals surface area (Å²) >= 11 is 0. The third kappa shape index (κ3) is 4.48. The number of nitrogens with zero attached hydrogens (tertiary/aromatic N) is 4. The van der Waals surface area contributed by atoms with Crippen LogP contribution in [-0.2, 0) is 24.4 Å². The molecule has 0 unspecified atom stereocenters.